The summed E-state index contributed by atoms with van der Waals surface area (Å²) in [6.45, 7) is 0.642. The summed E-state index contributed by atoms with van der Waals surface area (Å²) in [6, 6.07) is 15.0. The lowest BCUT2D eigenvalue weighted by atomic mass is 10.0. The molecule has 3 heteroatoms. The summed E-state index contributed by atoms with van der Waals surface area (Å²) < 4.78 is 0. The second-order valence-electron chi connectivity index (χ2n) is 5.44. The van der Waals surface area contributed by atoms with E-state index in [-0.39, 0.29) is 0 Å². The van der Waals surface area contributed by atoms with Crippen LogP contribution in [0.5, 0.6) is 0 Å². The Labute approximate surface area is 124 Å². The highest BCUT2D eigenvalue weighted by Gasteiger charge is 2.15. The van der Waals surface area contributed by atoms with Crippen LogP contribution in [0.1, 0.15) is 24.5 Å². The van der Waals surface area contributed by atoms with Gasteiger partial charge in [-0.05, 0) is 41.0 Å². The molecule has 3 rings (SSSR count). The maximum absolute atomic E-state index is 10.3. The second kappa shape index (κ2) is 6.61. The van der Waals surface area contributed by atoms with Gasteiger partial charge in [0.1, 0.15) is 0 Å². The first-order chi connectivity index (χ1) is 9.83. The summed E-state index contributed by atoms with van der Waals surface area (Å²) in [5, 5.41) is 16.3. The first-order valence-corrected chi connectivity index (χ1v) is 8.46. The molecule has 0 aliphatic carbocycles. The molecule has 1 fully saturated rings. The van der Waals surface area contributed by atoms with Gasteiger partial charge in [0, 0.05) is 18.3 Å². The zero-order chi connectivity index (χ0) is 13.8. The Hall–Kier alpha value is -1.03. The molecule has 0 spiro atoms. The van der Waals surface area contributed by atoms with Gasteiger partial charge in [0.05, 0.1) is 6.10 Å². The molecule has 0 saturated carbocycles. The third-order valence-corrected chi connectivity index (χ3v) is 5.13. The average molecular weight is 287 g/mol. The molecule has 2 aromatic carbocycles. The van der Waals surface area contributed by atoms with Crippen LogP contribution in [-0.4, -0.2) is 29.2 Å². The monoisotopic (exact) mass is 287 g/mol. The van der Waals surface area contributed by atoms with Crippen LogP contribution in [0.25, 0.3) is 10.8 Å². The highest BCUT2D eigenvalue weighted by atomic mass is 32.2. The lowest BCUT2D eigenvalue weighted by Crippen LogP contribution is -2.36. The van der Waals surface area contributed by atoms with Crippen molar-refractivity contribution in [3.05, 3.63) is 48.0 Å². The Morgan fingerprint density at radius 2 is 2.05 bits per heavy atom. The number of hydrogen-bond acceptors (Lipinski definition) is 3. The van der Waals surface area contributed by atoms with Gasteiger partial charge in [0.2, 0.25) is 0 Å². The molecule has 0 radical (unpaired) electrons. The van der Waals surface area contributed by atoms with Gasteiger partial charge >= 0.3 is 0 Å². The van der Waals surface area contributed by atoms with E-state index in [1.807, 2.05) is 30.0 Å². The first kappa shape index (κ1) is 13.9. The van der Waals surface area contributed by atoms with E-state index in [0.29, 0.717) is 12.6 Å². The van der Waals surface area contributed by atoms with Gasteiger partial charge in [0.15, 0.2) is 0 Å². The van der Waals surface area contributed by atoms with Crippen LogP contribution in [0.15, 0.2) is 42.5 Å². The summed E-state index contributed by atoms with van der Waals surface area (Å²) in [5.41, 5.74) is 1.000. The zero-order valence-electron chi connectivity index (χ0n) is 11.6. The van der Waals surface area contributed by atoms with Crippen molar-refractivity contribution >= 4 is 22.5 Å². The van der Waals surface area contributed by atoms with E-state index >= 15 is 0 Å². The van der Waals surface area contributed by atoms with E-state index < -0.39 is 6.10 Å². The lowest BCUT2D eigenvalue weighted by molar-refractivity contribution is 0.170. The number of thioether (sulfide) groups is 1. The van der Waals surface area contributed by atoms with Crippen molar-refractivity contribution in [1.82, 2.24) is 5.32 Å². The van der Waals surface area contributed by atoms with Gasteiger partial charge in [-0.15, -0.1) is 0 Å². The molecule has 20 heavy (non-hydrogen) atoms. The van der Waals surface area contributed by atoms with Crippen LogP contribution >= 0.6 is 11.8 Å². The summed E-state index contributed by atoms with van der Waals surface area (Å²) in [6.07, 6.45) is 2.10. The van der Waals surface area contributed by atoms with E-state index in [1.165, 1.54) is 35.1 Å². The lowest BCUT2D eigenvalue weighted by Gasteiger charge is -2.24. The molecule has 1 heterocycles. The van der Waals surface area contributed by atoms with E-state index in [1.54, 1.807) is 0 Å². The molecule has 0 bridgehead atoms. The van der Waals surface area contributed by atoms with Gasteiger partial charge in [-0.25, -0.2) is 0 Å². The number of rotatable bonds is 4. The Morgan fingerprint density at radius 3 is 2.85 bits per heavy atom. The summed E-state index contributed by atoms with van der Waals surface area (Å²) in [7, 11) is 0. The smallest absolute Gasteiger partial charge is 0.0914 e. The highest BCUT2D eigenvalue weighted by molar-refractivity contribution is 7.99. The summed E-state index contributed by atoms with van der Waals surface area (Å²) in [5.74, 6) is 2.45. The van der Waals surface area contributed by atoms with Gasteiger partial charge in [-0.2, -0.15) is 11.8 Å². The average Bonchev–Trinajstić information content (AvgIpc) is 2.53. The Kier molecular flexibility index (Phi) is 4.61. The maximum atomic E-state index is 10.3. The molecule has 0 amide bonds. The molecular formula is C17H21NOS. The number of benzene rings is 2. The van der Waals surface area contributed by atoms with E-state index in [0.717, 1.165) is 5.56 Å². The molecule has 2 aromatic rings. The van der Waals surface area contributed by atoms with Crippen LogP contribution in [0.4, 0.5) is 0 Å². The third kappa shape index (κ3) is 3.35. The fraction of sp³-hybridized carbons (Fsp3) is 0.412. The minimum atomic E-state index is -0.425. The van der Waals surface area contributed by atoms with E-state index in [9.17, 15) is 5.11 Å². The molecule has 1 saturated heterocycles. The van der Waals surface area contributed by atoms with E-state index in [2.05, 4.69) is 29.6 Å². The molecular weight excluding hydrogens is 266 g/mol. The highest BCUT2D eigenvalue weighted by Crippen LogP contribution is 2.21. The molecule has 106 valence electrons. The molecule has 2 nitrogen and oxygen atoms in total. The minimum absolute atomic E-state index is 0.425. The molecule has 1 aliphatic heterocycles. The number of fused-ring (bicyclic) bond motifs is 1. The number of aliphatic hydroxyl groups excluding tert-OH is 1. The summed E-state index contributed by atoms with van der Waals surface area (Å²) in [4.78, 5) is 0. The largest absolute Gasteiger partial charge is 0.387 e. The maximum Gasteiger partial charge on any atom is 0.0914 e. The predicted octanol–water partition coefficient (Wildman–Crippen LogP) is 3.36. The fourth-order valence-corrected chi connectivity index (χ4v) is 3.82. The third-order valence-electron chi connectivity index (χ3n) is 3.92. The topological polar surface area (TPSA) is 32.3 Å². The van der Waals surface area contributed by atoms with Crippen LogP contribution in [-0.2, 0) is 0 Å². The Morgan fingerprint density at radius 1 is 1.20 bits per heavy atom. The van der Waals surface area contributed by atoms with Gasteiger partial charge in [0.25, 0.3) is 0 Å². The van der Waals surface area contributed by atoms with Gasteiger partial charge in [-0.3, -0.25) is 0 Å². The van der Waals surface area contributed by atoms with E-state index in [4.69, 9.17) is 0 Å². The molecule has 0 aromatic heterocycles. The van der Waals surface area contributed by atoms with Crippen molar-refractivity contribution < 1.29 is 5.11 Å². The van der Waals surface area contributed by atoms with Crippen molar-refractivity contribution in [3.8, 4) is 0 Å². The van der Waals surface area contributed by atoms with Crippen molar-refractivity contribution in [2.45, 2.75) is 25.0 Å². The van der Waals surface area contributed by atoms with Crippen molar-refractivity contribution in [2.75, 3.05) is 18.1 Å². The molecule has 2 atom stereocenters. The van der Waals surface area contributed by atoms with Crippen LogP contribution in [0.3, 0.4) is 0 Å². The van der Waals surface area contributed by atoms with Crippen molar-refractivity contribution in [3.63, 3.8) is 0 Å². The zero-order valence-corrected chi connectivity index (χ0v) is 12.4. The number of aliphatic hydroxyl groups is 1. The van der Waals surface area contributed by atoms with Crippen LogP contribution in [0, 0.1) is 0 Å². The summed E-state index contributed by atoms with van der Waals surface area (Å²) >= 11 is 2.01. The van der Waals surface area contributed by atoms with Gasteiger partial charge in [-0.1, -0.05) is 36.4 Å². The quantitative estimate of drug-likeness (QED) is 0.904. The molecule has 2 unspecified atom stereocenters. The van der Waals surface area contributed by atoms with Crippen molar-refractivity contribution in [1.29, 1.82) is 0 Å². The predicted molar refractivity (Wildman–Crippen MR) is 87.3 cm³/mol. The first-order valence-electron chi connectivity index (χ1n) is 7.31. The molecule has 2 N–H and O–H groups in total. The molecule has 1 aliphatic rings. The standard InChI is InChI=1S/C17H21NOS/c19-17(11-18-16-6-3-9-20-12-16)15-8-7-13-4-1-2-5-14(13)10-15/h1-2,4-5,7-8,10,16-19H,3,6,9,11-12H2. The minimum Gasteiger partial charge on any atom is -0.387 e. The van der Waals surface area contributed by atoms with Gasteiger partial charge < -0.3 is 10.4 Å². The van der Waals surface area contributed by atoms with Crippen LogP contribution in [0.2, 0.25) is 0 Å². The number of hydrogen-bond donors (Lipinski definition) is 2. The van der Waals surface area contributed by atoms with Crippen molar-refractivity contribution in [2.24, 2.45) is 0 Å². The SMILES string of the molecule is OC(CNC1CCCSC1)c1ccc2ccccc2c1. The van der Waals surface area contributed by atoms with Crippen LogP contribution < -0.4 is 5.32 Å². The normalized spacial score (nSPS) is 20.9. The Balaban J connectivity index is 1.64. The Bertz CT molecular complexity index is 566. The fourth-order valence-electron chi connectivity index (χ4n) is 2.71. The number of nitrogens with one attached hydrogen (secondary N) is 1. The second-order valence-corrected chi connectivity index (χ2v) is 6.59.